The Hall–Kier alpha value is -0.0800. The molecule has 1 aliphatic heterocycles. The minimum Gasteiger partial charge on any atom is -0.313 e. The fraction of sp³-hybridized carbons (Fsp3) is 0.875. The fourth-order valence-electron chi connectivity index (χ4n) is 2.10. The lowest BCUT2D eigenvalue weighted by molar-refractivity contribution is -0.121. The summed E-state index contributed by atoms with van der Waals surface area (Å²) in [6, 6.07) is 0.543. The molecule has 1 saturated heterocycles. The van der Waals surface area contributed by atoms with Gasteiger partial charge in [-0.05, 0) is 25.3 Å². The number of carbonyl (C=O) groups is 1. The summed E-state index contributed by atoms with van der Waals surface area (Å²) in [6.07, 6.45) is 4.06. The first-order chi connectivity index (χ1) is 4.86. The van der Waals surface area contributed by atoms with Gasteiger partial charge in [-0.15, -0.1) is 12.4 Å². The number of hydrogen-bond acceptors (Lipinski definition) is 2. The van der Waals surface area contributed by atoms with Crippen LogP contribution in [-0.4, -0.2) is 18.4 Å². The highest BCUT2D eigenvalue weighted by Crippen LogP contribution is 2.28. The van der Waals surface area contributed by atoms with E-state index < -0.39 is 0 Å². The second-order valence-electron chi connectivity index (χ2n) is 3.39. The van der Waals surface area contributed by atoms with Gasteiger partial charge in [0.2, 0.25) is 0 Å². The maximum Gasteiger partial charge on any atom is 0.134 e. The molecule has 1 aliphatic carbocycles. The molecule has 2 atom stereocenters. The molecule has 0 aromatic carbocycles. The van der Waals surface area contributed by atoms with Gasteiger partial charge in [-0.2, -0.15) is 0 Å². The Balaban J connectivity index is 0.000000605. The van der Waals surface area contributed by atoms with Gasteiger partial charge in [0.1, 0.15) is 5.78 Å². The highest BCUT2D eigenvalue weighted by Gasteiger charge is 2.32. The van der Waals surface area contributed by atoms with Gasteiger partial charge in [0.05, 0.1) is 0 Å². The molecule has 0 amide bonds. The third-order valence-corrected chi connectivity index (χ3v) is 2.73. The highest BCUT2D eigenvalue weighted by atomic mass is 35.5. The number of carbonyl (C=O) groups excluding carboxylic acids is 1. The predicted octanol–water partition coefficient (Wildman–Crippen LogP) is 1.14. The maximum absolute atomic E-state index is 11.0. The molecule has 0 spiro atoms. The summed E-state index contributed by atoms with van der Waals surface area (Å²) in [4.78, 5) is 11.0. The zero-order valence-electron chi connectivity index (χ0n) is 6.51. The van der Waals surface area contributed by atoms with Gasteiger partial charge in [0.15, 0.2) is 0 Å². The number of fused-ring (bicyclic) bond motifs is 1. The summed E-state index contributed by atoms with van der Waals surface area (Å²) < 4.78 is 0. The van der Waals surface area contributed by atoms with Gasteiger partial charge in [-0.25, -0.2) is 0 Å². The van der Waals surface area contributed by atoms with Crippen LogP contribution in [0.5, 0.6) is 0 Å². The topological polar surface area (TPSA) is 29.1 Å². The van der Waals surface area contributed by atoms with Crippen LogP contribution in [0.2, 0.25) is 0 Å². The lowest BCUT2D eigenvalue weighted by Crippen LogP contribution is -2.33. The van der Waals surface area contributed by atoms with E-state index in [4.69, 9.17) is 0 Å². The van der Waals surface area contributed by atoms with Crippen LogP contribution in [0.25, 0.3) is 0 Å². The van der Waals surface area contributed by atoms with Crippen LogP contribution >= 0.6 is 12.4 Å². The van der Waals surface area contributed by atoms with Crippen molar-refractivity contribution in [3.63, 3.8) is 0 Å². The summed E-state index contributed by atoms with van der Waals surface area (Å²) in [5.41, 5.74) is 0. The number of rotatable bonds is 0. The van der Waals surface area contributed by atoms with Crippen molar-refractivity contribution in [1.82, 2.24) is 5.32 Å². The van der Waals surface area contributed by atoms with Crippen LogP contribution in [0.3, 0.4) is 0 Å². The quantitative estimate of drug-likeness (QED) is 0.598. The molecule has 2 aliphatic rings. The molecule has 11 heavy (non-hydrogen) atoms. The van der Waals surface area contributed by atoms with Gasteiger partial charge in [-0.1, -0.05) is 0 Å². The molecular formula is C8H14ClNO. The van der Waals surface area contributed by atoms with Crippen molar-refractivity contribution < 1.29 is 4.79 Å². The maximum atomic E-state index is 11.0. The Kier molecular flexibility index (Phi) is 2.90. The van der Waals surface area contributed by atoms with Crippen molar-refractivity contribution in [1.29, 1.82) is 0 Å². The molecule has 0 unspecified atom stereocenters. The number of ketones is 1. The van der Waals surface area contributed by atoms with Crippen LogP contribution in [0.4, 0.5) is 0 Å². The van der Waals surface area contributed by atoms with E-state index in [1.807, 2.05) is 0 Å². The van der Waals surface area contributed by atoms with Crippen molar-refractivity contribution in [3.8, 4) is 0 Å². The third-order valence-electron chi connectivity index (χ3n) is 2.73. The highest BCUT2D eigenvalue weighted by molar-refractivity contribution is 5.85. The Morgan fingerprint density at radius 1 is 1.36 bits per heavy atom. The minimum atomic E-state index is 0. The average molecular weight is 176 g/mol. The predicted molar refractivity (Wildman–Crippen MR) is 46.0 cm³/mol. The lowest BCUT2D eigenvalue weighted by atomic mass is 9.85. The third kappa shape index (κ3) is 1.74. The molecule has 0 bridgehead atoms. The summed E-state index contributed by atoms with van der Waals surface area (Å²) in [5.74, 6) is 1.27. The first-order valence-electron chi connectivity index (χ1n) is 4.11. The van der Waals surface area contributed by atoms with Crippen LogP contribution in [0.15, 0.2) is 0 Å². The van der Waals surface area contributed by atoms with Crippen LogP contribution in [0, 0.1) is 5.92 Å². The van der Waals surface area contributed by atoms with Gasteiger partial charge in [0.25, 0.3) is 0 Å². The van der Waals surface area contributed by atoms with Crippen molar-refractivity contribution in [2.24, 2.45) is 5.92 Å². The van der Waals surface area contributed by atoms with Crippen molar-refractivity contribution in [2.75, 3.05) is 6.54 Å². The van der Waals surface area contributed by atoms with Crippen molar-refractivity contribution in [2.45, 2.75) is 31.7 Å². The zero-order valence-corrected chi connectivity index (χ0v) is 7.32. The number of hydrogen-bond donors (Lipinski definition) is 1. The second kappa shape index (κ2) is 3.55. The van der Waals surface area contributed by atoms with Crippen LogP contribution in [-0.2, 0) is 4.79 Å². The average Bonchev–Trinajstić information content (AvgIpc) is 2.33. The first-order valence-corrected chi connectivity index (χ1v) is 4.11. The van der Waals surface area contributed by atoms with Crippen LogP contribution in [0.1, 0.15) is 25.7 Å². The molecule has 1 N–H and O–H groups in total. The summed E-state index contributed by atoms with van der Waals surface area (Å²) in [6.45, 7) is 1.13. The Labute approximate surface area is 73.1 Å². The van der Waals surface area contributed by atoms with E-state index >= 15 is 0 Å². The molecule has 64 valence electrons. The molecule has 0 aromatic rings. The Bertz CT molecular complexity index is 160. The smallest absolute Gasteiger partial charge is 0.134 e. The van der Waals surface area contributed by atoms with E-state index in [1.165, 1.54) is 6.42 Å². The Morgan fingerprint density at radius 2 is 2.18 bits per heavy atom. The Morgan fingerprint density at radius 3 is 3.00 bits per heavy atom. The lowest BCUT2D eigenvalue weighted by Gasteiger charge is -2.23. The molecule has 1 heterocycles. The molecule has 1 saturated carbocycles. The largest absolute Gasteiger partial charge is 0.313 e. The number of Topliss-reactive ketones (excluding diaryl/α,β-unsaturated/α-hetero) is 1. The first kappa shape index (κ1) is 9.01. The van der Waals surface area contributed by atoms with E-state index in [0.717, 1.165) is 31.7 Å². The molecule has 3 heteroatoms. The molecule has 2 fully saturated rings. The second-order valence-corrected chi connectivity index (χ2v) is 3.39. The number of nitrogens with one attached hydrogen (secondary N) is 1. The number of halogens is 1. The minimum absolute atomic E-state index is 0. The monoisotopic (exact) mass is 175 g/mol. The molecule has 2 rings (SSSR count). The van der Waals surface area contributed by atoms with E-state index in [0.29, 0.717) is 11.8 Å². The van der Waals surface area contributed by atoms with Crippen molar-refractivity contribution >= 4 is 18.2 Å². The molecule has 0 radical (unpaired) electrons. The van der Waals surface area contributed by atoms with Crippen LogP contribution < -0.4 is 5.32 Å². The van der Waals surface area contributed by atoms with E-state index in [2.05, 4.69) is 5.32 Å². The summed E-state index contributed by atoms with van der Waals surface area (Å²) in [7, 11) is 0. The zero-order chi connectivity index (χ0) is 6.97. The van der Waals surface area contributed by atoms with E-state index in [1.54, 1.807) is 0 Å². The van der Waals surface area contributed by atoms with E-state index in [9.17, 15) is 4.79 Å². The standard InChI is InChI=1S/C8H13NO.ClH/c10-7-2-1-6-3-4-9-8(6)5-7;/h6,8-9H,1-5H2;1H/t6-,8-;/m1./s1. The van der Waals surface area contributed by atoms with Crippen molar-refractivity contribution in [3.05, 3.63) is 0 Å². The summed E-state index contributed by atoms with van der Waals surface area (Å²) >= 11 is 0. The molecule has 0 aromatic heterocycles. The molecular weight excluding hydrogens is 162 g/mol. The van der Waals surface area contributed by atoms with Gasteiger partial charge < -0.3 is 5.32 Å². The fourth-order valence-corrected chi connectivity index (χ4v) is 2.10. The van der Waals surface area contributed by atoms with Gasteiger partial charge in [-0.3, -0.25) is 4.79 Å². The summed E-state index contributed by atoms with van der Waals surface area (Å²) in [5, 5.41) is 3.37. The molecule has 2 nitrogen and oxygen atoms in total. The van der Waals surface area contributed by atoms with Gasteiger partial charge in [0, 0.05) is 18.9 Å². The normalized spacial score (nSPS) is 36.2. The van der Waals surface area contributed by atoms with E-state index in [-0.39, 0.29) is 12.4 Å². The van der Waals surface area contributed by atoms with Gasteiger partial charge >= 0.3 is 0 Å². The SMILES string of the molecule is Cl.O=C1CC[C@@H]2CCN[C@@H]2C1.